The van der Waals surface area contributed by atoms with Crippen LogP contribution in [0.2, 0.25) is 0 Å². The molecule has 1 aliphatic carbocycles. The maximum absolute atomic E-state index is 12.8. The molecule has 1 aliphatic rings. The Bertz CT molecular complexity index is 1200. The number of carbonyl (C=O) groups excluding carboxylic acids is 2. The number of esters is 2. The van der Waals surface area contributed by atoms with Gasteiger partial charge in [-0.2, -0.15) is 0 Å². The maximum atomic E-state index is 12.8. The lowest BCUT2D eigenvalue weighted by Gasteiger charge is -2.41. The second-order valence-corrected chi connectivity index (χ2v) is 19.1. The number of aliphatic hydroxyl groups is 5. The molecule has 13 nitrogen and oxygen atoms in total. The van der Waals surface area contributed by atoms with Crippen molar-refractivity contribution >= 4 is 19.8 Å². The summed E-state index contributed by atoms with van der Waals surface area (Å²) in [4.78, 5) is 35.8. The fourth-order valence-electron chi connectivity index (χ4n) is 7.72. The summed E-state index contributed by atoms with van der Waals surface area (Å²) < 4.78 is 33.6. The van der Waals surface area contributed by atoms with Gasteiger partial charge in [0.1, 0.15) is 43.2 Å². The summed E-state index contributed by atoms with van der Waals surface area (Å²) in [7, 11) is -5.12. The Kier molecular flexibility index (Phi) is 37.2. The predicted molar refractivity (Wildman–Crippen MR) is 249 cm³/mol. The first kappa shape index (κ1) is 59.3. The minimum Gasteiger partial charge on any atom is -0.462 e. The molecular formula is C49H91O13P. The summed E-state index contributed by atoms with van der Waals surface area (Å²) in [6.45, 7) is 3.27. The Morgan fingerprint density at radius 1 is 0.492 bits per heavy atom. The zero-order valence-electron chi connectivity index (χ0n) is 39.4. The molecule has 1 saturated carbocycles. The summed E-state index contributed by atoms with van der Waals surface area (Å²) in [5.41, 5.74) is 0. The molecule has 6 N–H and O–H groups in total. The molecular weight excluding hydrogens is 828 g/mol. The van der Waals surface area contributed by atoms with Crippen molar-refractivity contribution in [2.75, 3.05) is 13.2 Å². The molecule has 0 heterocycles. The smallest absolute Gasteiger partial charge is 0.462 e. The highest BCUT2D eigenvalue weighted by Crippen LogP contribution is 2.47. The van der Waals surface area contributed by atoms with E-state index >= 15 is 0 Å². The SMILES string of the molecule is CCCC/C=C\C/C=C\CCCCCCCC(=O)OC(COC(=O)CCCCCCCCCCCCCCCCCCCCCC)COP(=O)(O)OC1C(O)C(O)C(O)C(O)C1O. The molecule has 1 rings (SSSR count). The lowest BCUT2D eigenvalue weighted by molar-refractivity contribution is -0.220. The van der Waals surface area contributed by atoms with Gasteiger partial charge >= 0.3 is 19.8 Å². The first-order valence-electron chi connectivity index (χ1n) is 25.1. The lowest BCUT2D eigenvalue weighted by atomic mass is 9.85. The second kappa shape index (κ2) is 39.5. The number of aliphatic hydroxyl groups excluding tert-OH is 5. The maximum Gasteiger partial charge on any atom is 0.472 e. The highest BCUT2D eigenvalue weighted by molar-refractivity contribution is 7.47. The molecule has 0 saturated heterocycles. The molecule has 370 valence electrons. The molecule has 0 amide bonds. The average molecular weight is 919 g/mol. The quantitative estimate of drug-likeness (QED) is 0.0146. The normalized spacial score (nSPS) is 21.8. The first-order valence-corrected chi connectivity index (χ1v) is 26.6. The van der Waals surface area contributed by atoms with Gasteiger partial charge in [0.15, 0.2) is 6.10 Å². The van der Waals surface area contributed by atoms with Gasteiger partial charge in [-0.15, -0.1) is 0 Å². The molecule has 0 aromatic carbocycles. The zero-order chi connectivity index (χ0) is 46.4. The molecule has 0 radical (unpaired) electrons. The van der Waals surface area contributed by atoms with Crippen LogP contribution >= 0.6 is 7.82 Å². The van der Waals surface area contributed by atoms with E-state index in [1.54, 1.807) is 0 Å². The number of hydrogen-bond donors (Lipinski definition) is 6. The summed E-state index contributed by atoms with van der Waals surface area (Å²) in [5.74, 6) is -1.11. The molecule has 0 aliphatic heterocycles. The van der Waals surface area contributed by atoms with E-state index in [0.29, 0.717) is 12.8 Å². The van der Waals surface area contributed by atoms with Crippen molar-refractivity contribution in [1.29, 1.82) is 0 Å². The van der Waals surface area contributed by atoms with Gasteiger partial charge in [0.05, 0.1) is 6.61 Å². The van der Waals surface area contributed by atoms with Gasteiger partial charge in [0.2, 0.25) is 0 Å². The Balaban J connectivity index is 2.38. The van der Waals surface area contributed by atoms with Crippen LogP contribution in [0.25, 0.3) is 0 Å². The van der Waals surface area contributed by atoms with Crippen LogP contribution in [-0.4, -0.2) is 98.3 Å². The van der Waals surface area contributed by atoms with Crippen molar-refractivity contribution in [3.63, 3.8) is 0 Å². The van der Waals surface area contributed by atoms with Crippen molar-refractivity contribution in [1.82, 2.24) is 0 Å². The monoisotopic (exact) mass is 919 g/mol. The molecule has 0 aromatic rings. The van der Waals surface area contributed by atoms with E-state index in [1.165, 1.54) is 116 Å². The summed E-state index contributed by atoms with van der Waals surface area (Å²) >= 11 is 0. The van der Waals surface area contributed by atoms with Gasteiger partial charge in [-0.1, -0.05) is 192 Å². The largest absolute Gasteiger partial charge is 0.472 e. The molecule has 0 bridgehead atoms. The molecule has 0 aromatic heterocycles. The standard InChI is InChI=1S/C49H91O13P/c1-3-5-7-9-11-13-15-17-19-20-21-22-23-24-26-27-29-31-33-35-37-42(50)59-39-41(40-60-63(57,58)62-49-47(55)45(53)44(52)46(54)48(49)56)61-43(51)38-36-34-32-30-28-25-18-16-14-12-10-8-6-4-2/h10,12,16,18,41,44-49,52-56H,3-9,11,13-15,17,19-40H2,1-2H3,(H,57,58)/b12-10-,18-16-. The van der Waals surface area contributed by atoms with Gasteiger partial charge in [-0.25, -0.2) is 4.57 Å². The van der Waals surface area contributed by atoms with Gasteiger partial charge in [0, 0.05) is 12.8 Å². The minimum atomic E-state index is -5.12. The second-order valence-electron chi connectivity index (χ2n) is 17.7. The fourth-order valence-corrected chi connectivity index (χ4v) is 8.69. The number of hydrogen-bond acceptors (Lipinski definition) is 12. The molecule has 63 heavy (non-hydrogen) atoms. The molecule has 14 heteroatoms. The van der Waals surface area contributed by atoms with Gasteiger partial charge in [-0.05, 0) is 38.5 Å². The van der Waals surface area contributed by atoms with Crippen LogP contribution in [0.4, 0.5) is 0 Å². The molecule has 6 unspecified atom stereocenters. The zero-order valence-corrected chi connectivity index (χ0v) is 40.3. The Morgan fingerprint density at radius 2 is 0.873 bits per heavy atom. The lowest BCUT2D eigenvalue weighted by Crippen LogP contribution is -2.64. The van der Waals surface area contributed by atoms with Crippen molar-refractivity contribution in [3.05, 3.63) is 24.3 Å². The number of unbranched alkanes of at least 4 members (excludes halogenated alkanes) is 26. The third-order valence-electron chi connectivity index (χ3n) is 11.8. The Morgan fingerprint density at radius 3 is 1.33 bits per heavy atom. The van der Waals surface area contributed by atoms with Crippen LogP contribution in [0.5, 0.6) is 0 Å². The van der Waals surface area contributed by atoms with Crippen LogP contribution in [0.1, 0.15) is 219 Å². The third-order valence-corrected chi connectivity index (χ3v) is 12.8. The summed E-state index contributed by atoms with van der Waals surface area (Å²) in [5, 5.41) is 50.2. The van der Waals surface area contributed by atoms with Crippen LogP contribution in [0.3, 0.4) is 0 Å². The highest BCUT2D eigenvalue weighted by atomic mass is 31.2. The molecule has 1 fully saturated rings. The van der Waals surface area contributed by atoms with Crippen LogP contribution in [0.15, 0.2) is 24.3 Å². The fraction of sp³-hybridized carbons (Fsp3) is 0.878. The first-order chi connectivity index (χ1) is 30.4. The van der Waals surface area contributed by atoms with Crippen LogP contribution in [-0.2, 0) is 32.7 Å². The van der Waals surface area contributed by atoms with E-state index in [2.05, 4.69) is 38.2 Å². The van der Waals surface area contributed by atoms with Crippen molar-refractivity contribution in [3.8, 4) is 0 Å². The number of ether oxygens (including phenoxy) is 2. The van der Waals surface area contributed by atoms with E-state index in [0.717, 1.165) is 64.2 Å². The Hall–Kier alpha value is -1.67. The number of phosphoric acid groups is 1. The van der Waals surface area contributed by atoms with Crippen LogP contribution in [0, 0.1) is 0 Å². The topological polar surface area (TPSA) is 210 Å². The van der Waals surface area contributed by atoms with E-state index < -0.39 is 75.7 Å². The number of carbonyl (C=O) groups is 2. The van der Waals surface area contributed by atoms with Gasteiger partial charge < -0.3 is 39.9 Å². The number of rotatable bonds is 42. The van der Waals surface area contributed by atoms with Crippen molar-refractivity contribution in [2.24, 2.45) is 0 Å². The van der Waals surface area contributed by atoms with Crippen molar-refractivity contribution in [2.45, 2.75) is 262 Å². The van der Waals surface area contributed by atoms with Crippen molar-refractivity contribution < 1.29 is 63.1 Å². The minimum absolute atomic E-state index is 0.0833. The summed E-state index contributed by atoms with van der Waals surface area (Å²) in [6, 6.07) is 0. The molecule has 6 atom stereocenters. The number of allylic oxidation sites excluding steroid dienone is 4. The highest BCUT2D eigenvalue weighted by Gasteiger charge is 2.51. The molecule has 0 spiro atoms. The van der Waals surface area contributed by atoms with E-state index in [1.807, 2.05) is 0 Å². The predicted octanol–water partition coefficient (Wildman–Crippen LogP) is 10.4. The van der Waals surface area contributed by atoms with E-state index in [9.17, 15) is 44.6 Å². The van der Waals surface area contributed by atoms with Crippen LogP contribution < -0.4 is 0 Å². The Labute approximate surface area is 381 Å². The van der Waals surface area contributed by atoms with E-state index in [4.69, 9.17) is 18.5 Å². The third kappa shape index (κ3) is 31.8. The average Bonchev–Trinajstić information content (AvgIpc) is 3.26. The van der Waals surface area contributed by atoms with E-state index in [-0.39, 0.29) is 12.8 Å². The van der Waals surface area contributed by atoms with Gasteiger partial charge in [0.25, 0.3) is 0 Å². The summed E-state index contributed by atoms with van der Waals surface area (Å²) in [6.07, 6.45) is 30.9. The number of phosphoric ester groups is 1. The van der Waals surface area contributed by atoms with Gasteiger partial charge in [-0.3, -0.25) is 18.6 Å².